The highest BCUT2D eigenvalue weighted by molar-refractivity contribution is 5.62. The van der Waals surface area contributed by atoms with Crippen molar-refractivity contribution in [2.24, 2.45) is 0 Å². The number of aromatic nitrogens is 2. The van der Waals surface area contributed by atoms with Crippen LogP contribution in [-0.2, 0) is 11.3 Å². The number of rotatable bonds is 6. The van der Waals surface area contributed by atoms with Gasteiger partial charge in [0.05, 0.1) is 12.6 Å². The van der Waals surface area contributed by atoms with Crippen molar-refractivity contribution in [2.45, 2.75) is 18.9 Å². The van der Waals surface area contributed by atoms with Crippen LogP contribution in [-0.4, -0.2) is 60.7 Å². The van der Waals surface area contributed by atoms with Crippen LogP contribution in [0.4, 0.5) is 23.0 Å². The molecule has 1 N–H and O–H groups in total. The maximum Gasteiger partial charge on any atom is 0.158 e. The quantitative estimate of drug-likeness (QED) is 0.640. The summed E-state index contributed by atoms with van der Waals surface area (Å²) in [6.45, 7) is 5.05. The fraction of sp³-hybridized carbons (Fsp3) is 0.360. The summed E-state index contributed by atoms with van der Waals surface area (Å²) >= 11 is 0. The topological polar surface area (TPSA) is 56.8 Å². The van der Waals surface area contributed by atoms with Gasteiger partial charge in [0.2, 0.25) is 0 Å². The number of nitrogens with zero attached hydrogens (tertiary/aromatic N) is 5. The molecule has 2 aliphatic heterocycles. The molecule has 1 atom stereocenters. The van der Waals surface area contributed by atoms with E-state index in [1.165, 1.54) is 11.3 Å². The Balaban J connectivity index is 1.25. The zero-order chi connectivity index (χ0) is 21.8. The molecule has 0 aliphatic carbocycles. The van der Waals surface area contributed by atoms with E-state index in [0.717, 1.165) is 56.3 Å². The Morgan fingerprint density at radius 3 is 2.53 bits per heavy atom. The Kier molecular flexibility index (Phi) is 6.18. The molecule has 0 radical (unpaired) electrons. The summed E-state index contributed by atoms with van der Waals surface area (Å²) in [6.07, 6.45) is 3.51. The van der Waals surface area contributed by atoms with E-state index in [1.807, 2.05) is 17.2 Å². The van der Waals surface area contributed by atoms with Crippen molar-refractivity contribution in [3.8, 4) is 0 Å². The van der Waals surface area contributed by atoms with Crippen molar-refractivity contribution in [2.75, 3.05) is 55.1 Å². The number of nitrogens with one attached hydrogen (secondary N) is 1. The minimum absolute atomic E-state index is 0.267. The number of hydroxylamine groups is 1. The van der Waals surface area contributed by atoms with E-state index in [4.69, 9.17) is 4.84 Å². The Morgan fingerprint density at radius 2 is 1.75 bits per heavy atom. The van der Waals surface area contributed by atoms with Gasteiger partial charge in [0.25, 0.3) is 0 Å². The Morgan fingerprint density at radius 1 is 0.969 bits per heavy atom. The minimum Gasteiger partial charge on any atom is -0.369 e. The van der Waals surface area contributed by atoms with E-state index in [-0.39, 0.29) is 6.04 Å². The van der Waals surface area contributed by atoms with Crippen LogP contribution in [0.5, 0.6) is 0 Å². The van der Waals surface area contributed by atoms with Gasteiger partial charge in [-0.2, -0.15) is 0 Å². The maximum atomic E-state index is 5.93. The highest BCUT2D eigenvalue weighted by Gasteiger charge is 2.27. The van der Waals surface area contributed by atoms with Crippen LogP contribution in [0.25, 0.3) is 0 Å². The largest absolute Gasteiger partial charge is 0.369 e. The van der Waals surface area contributed by atoms with Crippen LogP contribution in [0, 0.1) is 0 Å². The van der Waals surface area contributed by atoms with Crippen LogP contribution in [0.1, 0.15) is 12.0 Å². The van der Waals surface area contributed by atoms with Crippen molar-refractivity contribution in [1.29, 1.82) is 0 Å². The first kappa shape index (κ1) is 20.7. The smallest absolute Gasteiger partial charge is 0.158 e. The summed E-state index contributed by atoms with van der Waals surface area (Å²) < 4.78 is 0. The second-order valence-electron chi connectivity index (χ2n) is 8.51. The van der Waals surface area contributed by atoms with Crippen molar-refractivity contribution in [3.05, 3.63) is 72.6 Å². The van der Waals surface area contributed by atoms with Gasteiger partial charge < -0.3 is 15.1 Å². The molecule has 1 unspecified atom stereocenters. The van der Waals surface area contributed by atoms with Crippen LogP contribution >= 0.6 is 0 Å². The van der Waals surface area contributed by atoms with E-state index < -0.39 is 0 Å². The minimum atomic E-state index is 0.267. The number of anilines is 4. The molecule has 3 aromatic rings. The van der Waals surface area contributed by atoms with E-state index in [1.54, 1.807) is 6.33 Å². The van der Waals surface area contributed by atoms with E-state index in [2.05, 4.69) is 80.7 Å². The molecular weight excluding hydrogens is 400 g/mol. The first-order chi connectivity index (χ1) is 15.7. The standard InChI is InChI=1S/C25H30N6O/c1-29-12-14-30(15-13-29)22-9-7-21(8-10-22)28-24-18-25(27-19-26-24)31-23(11-16-32-31)17-20-5-3-2-4-6-20/h2-10,18-19,23H,11-17H2,1H3,(H,26,27,28). The van der Waals surface area contributed by atoms with Gasteiger partial charge in [-0.05, 0) is 49.7 Å². The normalized spacial score (nSPS) is 19.3. The molecule has 3 heterocycles. The Bertz CT molecular complexity index is 1000. The number of hydrogen-bond acceptors (Lipinski definition) is 7. The molecule has 2 aromatic carbocycles. The second kappa shape index (κ2) is 9.54. The first-order valence-corrected chi connectivity index (χ1v) is 11.3. The average molecular weight is 431 g/mol. The summed E-state index contributed by atoms with van der Waals surface area (Å²) in [4.78, 5) is 19.6. The monoisotopic (exact) mass is 430 g/mol. The third-order valence-electron chi connectivity index (χ3n) is 6.21. The molecule has 5 rings (SSSR count). The predicted octanol–water partition coefficient (Wildman–Crippen LogP) is 3.73. The molecular formula is C25H30N6O. The SMILES string of the molecule is CN1CCN(c2ccc(Nc3cc(N4OCCC4Cc4ccccc4)ncn3)cc2)CC1. The molecule has 2 fully saturated rings. The lowest BCUT2D eigenvalue weighted by molar-refractivity contribution is 0.156. The lowest BCUT2D eigenvalue weighted by atomic mass is 10.0. The van der Waals surface area contributed by atoms with Crippen molar-refractivity contribution in [1.82, 2.24) is 14.9 Å². The molecule has 0 bridgehead atoms. The van der Waals surface area contributed by atoms with Gasteiger partial charge >= 0.3 is 0 Å². The molecule has 32 heavy (non-hydrogen) atoms. The maximum absolute atomic E-state index is 5.93. The van der Waals surface area contributed by atoms with Gasteiger partial charge in [-0.1, -0.05) is 30.3 Å². The van der Waals surface area contributed by atoms with E-state index >= 15 is 0 Å². The molecule has 166 valence electrons. The fourth-order valence-corrected chi connectivity index (χ4v) is 4.34. The fourth-order valence-electron chi connectivity index (χ4n) is 4.34. The molecule has 1 aromatic heterocycles. The van der Waals surface area contributed by atoms with Crippen molar-refractivity contribution in [3.63, 3.8) is 0 Å². The van der Waals surface area contributed by atoms with Gasteiger partial charge in [-0.25, -0.2) is 15.0 Å². The third kappa shape index (κ3) is 4.84. The van der Waals surface area contributed by atoms with Crippen molar-refractivity contribution >= 4 is 23.0 Å². The van der Waals surface area contributed by atoms with Crippen LogP contribution in [0.2, 0.25) is 0 Å². The highest BCUT2D eigenvalue weighted by atomic mass is 16.7. The molecule has 7 heteroatoms. The lowest BCUT2D eigenvalue weighted by Gasteiger charge is -2.34. The Hall–Kier alpha value is -3.16. The van der Waals surface area contributed by atoms with Crippen molar-refractivity contribution < 1.29 is 4.84 Å². The number of piperazine rings is 1. The van der Waals surface area contributed by atoms with E-state index in [0.29, 0.717) is 6.61 Å². The predicted molar refractivity (Wildman–Crippen MR) is 128 cm³/mol. The van der Waals surface area contributed by atoms with E-state index in [9.17, 15) is 0 Å². The lowest BCUT2D eigenvalue weighted by Crippen LogP contribution is -2.44. The van der Waals surface area contributed by atoms with Gasteiger partial charge in [0, 0.05) is 43.6 Å². The number of hydrogen-bond donors (Lipinski definition) is 1. The second-order valence-corrected chi connectivity index (χ2v) is 8.51. The molecule has 2 saturated heterocycles. The zero-order valence-electron chi connectivity index (χ0n) is 18.5. The summed E-state index contributed by atoms with van der Waals surface area (Å²) in [5.41, 5.74) is 3.58. The van der Waals surface area contributed by atoms with Gasteiger partial charge in [-0.3, -0.25) is 4.84 Å². The molecule has 0 amide bonds. The van der Waals surface area contributed by atoms with Gasteiger partial charge in [-0.15, -0.1) is 0 Å². The first-order valence-electron chi connectivity index (χ1n) is 11.3. The third-order valence-corrected chi connectivity index (χ3v) is 6.21. The summed E-state index contributed by atoms with van der Waals surface area (Å²) in [7, 11) is 2.18. The molecule has 7 nitrogen and oxygen atoms in total. The average Bonchev–Trinajstić information content (AvgIpc) is 3.29. The molecule has 0 spiro atoms. The zero-order valence-corrected chi connectivity index (χ0v) is 18.5. The highest BCUT2D eigenvalue weighted by Crippen LogP contribution is 2.27. The summed E-state index contributed by atoms with van der Waals surface area (Å²) in [5.74, 6) is 1.55. The molecule has 2 aliphatic rings. The number of benzene rings is 2. The van der Waals surface area contributed by atoms with Gasteiger partial charge in [0.15, 0.2) is 5.82 Å². The van der Waals surface area contributed by atoms with Crippen LogP contribution in [0.15, 0.2) is 67.0 Å². The summed E-state index contributed by atoms with van der Waals surface area (Å²) in [5, 5.41) is 5.35. The Labute approximate surface area is 189 Å². The number of likely N-dealkylation sites (N-methyl/N-ethyl adjacent to an activating group) is 1. The van der Waals surface area contributed by atoms with Crippen LogP contribution in [0.3, 0.4) is 0 Å². The van der Waals surface area contributed by atoms with Crippen LogP contribution < -0.4 is 15.3 Å². The summed E-state index contributed by atoms with van der Waals surface area (Å²) in [6, 6.07) is 21.3. The van der Waals surface area contributed by atoms with Gasteiger partial charge in [0.1, 0.15) is 12.1 Å². The molecule has 0 saturated carbocycles.